The zero-order valence-corrected chi connectivity index (χ0v) is 16.2. The SMILES string of the molecule is COc1nc(C)c(NC(=O)/C=C/c2cc(OC)c(OC)c(OC)c2)c(C)n1. The zero-order chi connectivity index (χ0) is 20.0. The number of aromatic nitrogens is 2. The van der Waals surface area contributed by atoms with Crippen molar-refractivity contribution in [2.75, 3.05) is 33.8 Å². The second-order valence-electron chi connectivity index (χ2n) is 5.54. The highest BCUT2D eigenvalue weighted by Crippen LogP contribution is 2.38. The normalized spacial score (nSPS) is 10.6. The summed E-state index contributed by atoms with van der Waals surface area (Å²) in [4.78, 5) is 20.6. The number of rotatable bonds is 7. The van der Waals surface area contributed by atoms with Crippen LogP contribution in [-0.2, 0) is 4.79 Å². The van der Waals surface area contributed by atoms with E-state index in [1.54, 1.807) is 32.1 Å². The molecule has 2 aromatic rings. The molecule has 27 heavy (non-hydrogen) atoms. The molecular formula is C19H23N3O5. The summed E-state index contributed by atoms with van der Waals surface area (Å²) in [6.45, 7) is 3.55. The number of nitrogens with one attached hydrogen (secondary N) is 1. The molecule has 0 aliphatic heterocycles. The molecule has 2 rings (SSSR count). The van der Waals surface area contributed by atoms with Crippen LogP contribution in [-0.4, -0.2) is 44.3 Å². The number of hydrogen-bond acceptors (Lipinski definition) is 7. The van der Waals surface area contributed by atoms with Crippen LogP contribution in [0.5, 0.6) is 23.3 Å². The summed E-state index contributed by atoms with van der Waals surface area (Å²) < 4.78 is 20.9. The van der Waals surface area contributed by atoms with E-state index in [-0.39, 0.29) is 11.9 Å². The van der Waals surface area contributed by atoms with Crippen molar-refractivity contribution in [2.45, 2.75) is 13.8 Å². The van der Waals surface area contributed by atoms with E-state index in [1.807, 2.05) is 0 Å². The fourth-order valence-corrected chi connectivity index (χ4v) is 2.49. The molecule has 0 fully saturated rings. The molecule has 0 atom stereocenters. The molecule has 8 nitrogen and oxygen atoms in total. The second-order valence-corrected chi connectivity index (χ2v) is 5.54. The van der Waals surface area contributed by atoms with Gasteiger partial charge in [-0.15, -0.1) is 0 Å². The molecule has 1 amide bonds. The summed E-state index contributed by atoms with van der Waals surface area (Å²) in [5, 5.41) is 2.79. The molecule has 0 radical (unpaired) electrons. The van der Waals surface area contributed by atoms with E-state index in [2.05, 4.69) is 15.3 Å². The average Bonchev–Trinajstić information content (AvgIpc) is 2.67. The van der Waals surface area contributed by atoms with E-state index in [9.17, 15) is 4.79 Å². The fourth-order valence-electron chi connectivity index (χ4n) is 2.49. The van der Waals surface area contributed by atoms with Gasteiger partial charge >= 0.3 is 6.01 Å². The molecule has 8 heteroatoms. The Morgan fingerprint density at radius 3 is 1.93 bits per heavy atom. The van der Waals surface area contributed by atoms with E-state index in [0.29, 0.717) is 34.3 Å². The highest BCUT2D eigenvalue weighted by molar-refractivity contribution is 6.02. The number of anilines is 1. The van der Waals surface area contributed by atoms with Crippen molar-refractivity contribution < 1.29 is 23.7 Å². The lowest BCUT2D eigenvalue weighted by atomic mass is 10.1. The summed E-state index contributed by atoms with van der Waals surface area (Å²) >= 11 is 0. The van der Waals surface area contributed by atoms with Gasteiger partial charge in [0, 0.05) is 6.08 Å². The van der Waals surface area contributed by atoms with Crippen molar-refractivity contribution in [3.63, 3.8) is 0 Å². The molecule has 0 saturated heterocycles. The number of benzene rings is 1. The molecule has 1 aromatic carbocycles. The molecule has 0 saturated carbocycles. The van der Waals surface area contributed by atoms with Crippen molar-refractivity contribution in [1.29, 1.82) is 0 Å². The molecule has 0 bridgehead atoms. The van der Waals surface area contributed by atoms with Gasteiger partial charge in [-0.05, 0) is 37.6 Å². The van der Waals surface area contributed by atoms with E-state index in [0.717, 1.165) is 5.56 Å². The summed E-state index contributed by atoms with van der Waals surface area (Å²) in [6, 6.07) is 3.76. The predicted octanol–water partition coefficient (Wildman–Crippen LogP) is 2.78. The van der Waals surface area contributed by atoms with Crippen LogP contribution in [0.4, 0.5) is 5.69 Å². The predicted molar refractivity (Wildman–Crippen MR) is 102 cm³/mol. The minimum Gasteiger partial charge on any atom is -0.493 e. The van der Waals surface area contributed by atoms with Crippen LogP contribution in [0.3, 0.4) is 0 Å². The van der Waals surface area contributed by atoms with Gasteiger partial charge in [0.15, 0.2) is 11.5 Å². The number of nitrogens with zero attached hydrogens (tertiary/aromatic N) is 2. The van der Waals surface area contributed by atoms with Crippen molar-refractivity contribution >= 4 is 17.7 Å². The van der Waals surface area contributed by atoms with Gasteiger partial charge in [-0.2, -0.15) is 9.97 Å². The largest absolute Gasteiger partial charge is 0.493 e. The number of carbonyl (C=O) groups is 1. The Kier molecular flexibility index (Phi) is 6.59. The minimum absolute atomic E-state index is 0.260. The van der Waals surface area contributed by atoms with Crippen molar-refractivity contribution in [1.82, 2.24) is 9.97 Å². The van der Waals surface area contributed by atoms with Gasteiger partial charge in [0.25, 0.3) is 0 Å². The van der Waals surface area contributed by atoms with Crippen LogP contribution in [0, 0.1) is 13.8 Å². The third-order valence-electron chi connectivity index (χ3n) is 3.80. The van der Waals surface area contributed by atoms with Crippen molar-refractivity contribution in [3.8, 4) is 23.3 Å². The van der Waals surface area contributed by atoms with E-state index >= 15 is 0 Å². The standard InChI is InChI=1S/C19H23N3O5/c1-11-17(12(2)21-19(20-11)27-6)22-16(23)8-7-13-9-14(24-3)18(26-5)15(10-13)25-4/h7-10H,1-6H3,(H,22,23)/b8-7+. The quantitative estimate of drug-likeness (QED) is 0.746. The van der Waals surface area contributed by atoms with E-state index in [1.165, 1.54) is 34.5 Å². The molecule has 0 unspecified atom stereocenters. The average molecular weight is 373 g/mol. The Morgan fingerprint density at radius 2 is 1.48 bits per heavy atom. The number of amides is 1. The lowest BCUT2D eigenvalue weighted by Gasteiger charge is -2.13. The Labute approximate surface area is 158 Å². The maximum absolute atomic E-state index is 12.3. The first-order valence-electron chi connectivity index (χ1n) is 8.11. The molecule has 1 aromatic heterocycles. The smallest absolute Gasteiger partial charge is 0.316 e. The number of ether oxygens (including phenoxy) is 4. The molecule has 1 N–H and O–H groups in total. The highest BCUT2D eigenvalue weighted by atomic mass is 16.5. The highest BCUT2D eigenvalue weighted by Gasteiger charge is 2.13. The summed E-state index contributed by atoms with van der Waals surface area (Å²) in [7, 11) is 6.09. The van der Waals surface area contributed by atoms with Gasteiger partial charge in [0.05, 0.1) is 45.5 Å². The van der Waals surface area contributed by atoms with E-state index < -0.39 is 0 Å². The third kappa shape index (κ3) is 4.66. The second kappa shape index (κ2) is 8.88. The van der Waals surface area contributed by atoms with Crippen molar-refractivity contribution in [3.05, 3.63) is 35.2 Å². The van der Waals surface area contributed by atoms with Crippen LogP contribution in [0.15, 0.2) is 18.2 Å². The Hall–Kier alpha value is -3.29. The monoisotopic (exact) mass is 373 g/mol. The molecule has 0 aliphatic rings. The van der Waals surface area contributed by atoms with Crippen LogP contribution < -0.4 is 24.3 Å². The first-order valence-corrected chi connectivity index (χ1v) is 8.11. The third-order valence-corrected chi connectivity index (χ3v) is 3.80. The Morgan fingerprint density at radius 1 is 0.926 bits per heavy atom. The Balaban J connectivity index is 2.22. The van der Waals surface area contributed by atoms with Gasteiger partial charge in [-0.3, -0.25) is 4.79 Å². The van der Waals surface area contributed by atoms with Crippen LogP contribution in [0.25, 0.3) is 6.08 Å². The molecule has 144 valence electrons. The summed E-state index contributed by atoms with van der Waals surface area (Å²) in [5.41, 5.74) is 2.51. The maximum Gasteiger partial charge on any atom is 0.316 e. The summed E-state index contributed by atoms with van der Waals surface area (Å²) in [6.07, 6.45) is 3.05. The number of aryl methyl sites for hydroxylation is 2. The summed E-state index contributed by atoms with van der Waals surface area (Å²) in [5.74, 6) is 1.19. The number of hydrogen-bond donors (Lipinski definition) is 1. The number of methoxy groups -OCH3 is 4. The topological polar surface area (TPSA) is 91.8 Å². The fraction of sp³-hybridized carbons (Fsp3) is 0.316. The van der Waals surface area contributed by atoms with Gasteiger partial charge in [0.2, 0.25) is 11.7 Å². The first kappa shape index (κ1) is 20.0. The molecule has 1 heterocycles. The Bertz CT molecular complexity index is 816. The number of carbonyl (C=O) groups excluding carboxylic acids is 1. The molecule has 0 spiro atoms. The van der Waals surface area contributed by atoms with Crippen LogP contribution >= 0.6 is 0 Å². The van der Waals surface area contributed by atoms with Crippen molar-refractivity contribution in [2.24, 2.45) is 0 Å². The lowest BCUT2D eigenvalue weighted by Crippen LogP contribution is -2.12. The zero-order valence-electron chi connectivity index (χ0n) is 16.2. The van der Waals surface area contributed by atoms with Crippen LogP contribution in [0.1, 0.15) is 17.0 Å². The van der Waals surface area contributed by atoms with Gasteiger partial charge in [0.1, 0.15) is 0 Å². The van der Waals surface area contributed by atoms with E-state index in [4.69, 9.17) is 18.9 Å². The molecular weight excluding hydrogens is 350 g/mol. The lowest BCUT2D eigenvalue weighted by molar-refractivity contribution is -0.111. The van der Waals surface area contributed by atoms with Gasteiger partial charge in [-0.1, -0.05) is 0 Å². The first-order chi connectivity index (χ1) is 12.9. The maximum atomic E-state index is 12.3. The minimum atomic E-state index is -0.316. The molecule has 0 aliphatic carbocycles. The van der Waals surface area contributed by atoms with Crippen LogP contribution in [0.2, 0.25) is 0 Å². The van der Waals surface area contributed by atoms with Gasteiger partial charge < -0.3 is 24.3 Å². The van der Waals surface area contributed by atoms with Gasteiger partial charge in [-0.25, -0.2) is 0 Å².